The molecule has 3 aliphatic carbocycles. The van der Waals surface area contributed by atoms with E-state index >= 15 is 0 Å². The maximum atomic E-state index is 12.6. The molecule has 3 fully saturated rings. The molecule has 0 amide bonds. The summed E-state index contributed by atoms with van der Waals surface area (Å²) in [7, 11) is 0. The van der Waals surface area contributed by atoms with E-state index in [1.807, 2.05) is 6.07 Å². The molecule has 0 aliphatic heterocycles. The van der Waals surface area contributed by atoms with Crippen molar-refractivity contribution in [3.05, 3.63) is 65.8 Å². The van der Waals surface area contributed by atoms with Crippen LogP contribution >= 0.6 is 0 Å². The summed E-state index contributed by atoms with van der Waals surface area (Å²) < 4.78 is 30.7. The highest BCUT2D eigenvalue weighted by atomic mass is 19.3. The fourth-order valence-electron chi connectivity index (χ4n) is 4.34. The Bertz CT molecular complexity index is 902. The van der Waals surface area contributed by atoms with E-state index in [1.54, 1.807) is 6.07 Å². The Kier molecular flexibility index (Phi) is 2.90. The van der Waals surface area contributed by atoms with E-state index in [4.69, 9.17) is 4.52 Å². The van der Waals surface area contributed by atoms with E-state index in [9.17, 15) is 8.78 Å². The van der Waals surface area contributed by atoms with Gasteiger partial charge >= 0.3 is 0 Å². The van der Waals surface area contributed by atoms with Crippen molar-refractivity contribution < 1.29 is 13.3 Å². The Balaban J connectivity index is 1.35. The smallest absolute Gasteiger partial charge is 0.280 e. The number of pyridine rings is 1. The van der Waals surface area contributed by atoms with Gasteiger partial charge in [0.25, 0.3) is 6.43 Å². The Hall–Kier alpha value is -2.63. The molecule has 0 unspecified atom stereocenters. The monoisotopic (exact) mass is 339 g/mol. The molecule has 126 valence electrons. The lowest BCUT2D eigenvalue weighted by molar-refractivity contribution is -0.0891. The summed E-state index contributed by atoms with van der Waals surface area (Å²) >= 11 is 0. The largest absolute Gasteiger partial charge is 0.338 e. The second kappa shape index (κ2) is 4.94. The highest BCUT2D eigenvalue weighted by Crippen LogP contribution is 2.73. The lowest BCUT2D eigenvalue weighted by atomic mass is 9.33. The maximum Gasteiger partial charge on any atom is 0.280 e. The predicted molar refractivity (Wildman–Crippen MR) is 86.1 cm³/mol. The van der Waals surface area contributed by atoms with E-state index in [-0.39, 0.29) is 16.5 Å². The van der Waals surface area contributed by atoms with Crippen molar-refractivity contribution in [3.63, 3.8) is 0 Å². The summed E-state index contributed by atoms with van der Waals surface area (Å²) in [6.07, 6.45) is 1.85. The summed E-state index contributed by atoms with van der Waals surface area (Å²) in [6, 6.07) is 13.4. The van der Waals surface area contributed by atoms with Gasteiger partial charge in [0.2, 0.25) is 11.7 Å². The number of halogens is 2. The third-order valence-corrected chi connectivity index (χ3v) is 5.56. The molecule has 1 aromatic carbocycles. The molecule has 2 aromatic heterocycles. The fraction of sp³-hybridized carbons (Fsp3) is 0.316. The molecular weight excluding hydrogens is 324 g/mol. The van der Waals surface area contributed by atoms with Gasteiger partial charge in [-0.05, 0) is 42.4 Å². The molecule has 3 aliphatic rings. The van der Waals surface area contributed by atoms with Crippen LogP contribution in [0.3, 0.4) is 0 Å². The number of hydrogen-bond acceptors (Lipinski definition) is 4. The van der Waals surface area contributed by atoms with Gasteiger partial charge in [-0.15, -0.1) is 0 Å². The number of alkyl halides is 2. The van der Waals surface area contributed by atoms with Crippen molar-refractivity contribution in [2.75, 3.05) is 0 Å². The quantitative estimate of drug-likeness (QED) is 0.705. The zero-order chi connectivity index (χ0) is 17.1. The lowest BCUT2D eigenvalue weighted by Crippen LogP contribution is -2.67. The normalized spacial score (nSPS) is 27.0. The summed E-state index contributed by atoms with van der Waals surface area (Å²) in [5.41, 5.74) is 1.96. The second-order valence-electron chi connectivity index (χ2n) is 7.15. The number of rotatable bonds is 4. The van der Waals surface area contributed by atoms with Gasteiger partial charge in [0.15, 0.2) is 0 Å². The van der Waals surface area contributed by atoms with Crippen molar-refractivity contribution in [2.45, 2.75) is 36.5 Å². The highest BCUT2D eigenvalue weighted by molar-refractivity contribution is 5.53. The molecule has 6 heteroatoms. The van der Waals surface area contributed by atoms with Gasteiger partial charge < -0.3 is 4.52 Å². The average molecular weight is 339 g/mol. The Morgan fingerprint density at radius 3 is 2.36 bits per heavy atom. The summed E-state index contributed by atoms with van der Waals surface area (Å²) in [5.74, 6) is 1.06. The first kappa shape index (κ1) is 14.7. The number of benzene rings is 1. The lowest BCUT2D eigenvalue weighted by Gasteiger charge is -2.69. The van der Waals surface area contributed by atoms with Gasteiger partial charge in [-0.2, -0.15) is 4.98 Å². The van der Waals surface area contributed by atoms with Gasteiger partial charge in [-0.25, -0.2) is 8.78 Å². The third-order valence-electron chi connectivity index (χ3n) is 5.56. The first-order valence-electron chi connectivity index (χ1n) is 8.25. The van der Waals surface area contributed by atoms with Crippen LogP contribution in [0.4, 0.5) is 8.78 Å². The van der Waals surface area contributed by atoms with Crippen LogP contribution in [0.15, 0.2) is 53.2 Å². The molecular formula is C19H15F2N3O. The average Bonchev–Trinajstić information content (AvgIpc) is 3.03. The van der Waals surface area contributed by atoms with Crippen molar-refractivity contribution in [1.29, 1.82) is 0 Å². The standard InChI is InChI=1S/C19H15F2N3O/c20-15(21)14-7-6-12(8-22-14)16-23-17(25-24-16)19-9-18(10-19,11-19)13-4-2-1-3-5-13/h1-8,15H,9-11H2. The van der Waals surface area contributed by atoms with Crippen molar-refractivity contribution >= 4 is 0 Å². The summed E-state index contributed by atoms with van der Waals surface area (Å²) in [6.45, 7) is 0. The molecule has 0 saturated heterocycles. The first-order chi connectivity index (χ1) is 12.1. The number of hydrogen-bond donors (Lipinski definition) is 0. The number of nitrogens with zero attached hydrogens (tertiary/aromatic N) is 3. The van der Waals surface area contributed by atoms with E-state index in [2.05, 4.69) is 39.4 Å². The minimum Gasteiger partial charge on any atom is -0.338 e. The highest BCUT2D eigenvalue weighted by Gasteiger charge is 2.71. The Labute approximate surface area is 142 Å². The van der Waals surface area contributed by atoms with Crippen molar-refractivity contribution in [1.82, 2.24) is 15.1 Å². The summed E-state index contributed by atoms with van der Waals surface area (Å²) in [4.78, 5) is 8.26. The van der Waals surface area contributed by atoms with E-state index in [0.717, 1.165) is 19.3 Å². The van der Waals surface area contributed by atoms with E-state index in [0.29, 0.717) is 17.3 Å². The molecule has 0 N–H and O–H groups in total. The first-order valence-corrected chi connectivity index (χ1v) is 8.25. The molecule has 3 aromatic rings. The zero-order valence-corrected chi connectivity index (χ0v) is 13.3. The van der Waals surface area contributed by atoms with Gasteiger partial charge in [0, 0.05) is 11.8 Å². The minimum atomic E-state index is -2.58. The fourth-order valence-corrected chi connectivity index (χ4v) is 4.34. The molecule has 0 atom stereocenters. The van der Waals surface area contributed by atoms with Crippen molar-refractivity contribution in [2.24, 2.45) is 0 Å². The van der Waals surface area contributed by atoms with Crippen LogP contribution in [-0.2, 0) is 10.8 Å². The minimum absolute atomic E-state index is 0.0164. The maximum absolute atomic E-state index is 12.6. The van der Waals surface area contributed by atoms with Crippen LogP contribution in [0.2, 0.25) is 0 Å². The predicted octanol–water partition coefficient (Wildman–Crippen LogP) is 4.44. The molecule has 2 bridgehead atoms. The molecule has 0 radical (unpaired) electrons. The Morgan fingerprint density at radius 2 is 1.72 bits per heavy atom. The topological polar surface area (TPSA) is 51.8 Å². The van der Waals surface area contributed by atoms with Crippen LogP contribution in [0, 0.1) is 0 Å². The molecule has 4 nitrogen and oxygen atoms in total. The van der Waals surface area contributed by atoms with Crippen LogP contribution in [-0.4, -0.2) is 15.1 Å². The van der Waals surface area contributed by atoms with Crippen LogP contribution in [0.1, 0.15) is 42.8 Å². The molecule has 3 saturated carbocycles. The van der Waals surface area contributed by atoms with Crippen molar-refractivity contribution in [3.8, 4) is 11.4 Å². The summed E-state index contributed by atoms with van der Waals surface area (Å²) in [5, 5.41) is 4.02. The molecule has 6 rings (SSSR count). The Morgan fingerprint density at radius 1 is 0.960 bits per heavy atom. The van der Waals surface area contributed by atoms with E-state index in [1.165, 1.54) is 17.8 Å². The second-order valence-corrected chi connectivity index (χ2v) is 7.15. The van der Waals surface area contributed by atoms with Crippen LogP contribution in [0.5, 0.6) is 0 Å². The molecule has 0 spiro atoms. The zero-order valence-electron chi connectivity index (χ0n) is 13.3. The van der Waals surface area contributed by atoms with E-state index < -0.39 is 6.43 Å². The number of aromatic nitrogens is 3. The molecule has 25 heavy (non-hydrogen) atoms. The SMILES string of the molecule is FC(F)c1ccc(-c2noc(C34CC(c5ccccc5)(C3)C4)n2)cn1. The van der Waals surface area contributed by atoms with Crippen LogP contribution in [0.25, 0.3) is 11.4 Å². The van der Waals surface area contributed by atoms with Gasteiger partial charge in [-0.1, -0.05) is 35.5 Å². The third kappa shape index (κ3) is 2.06. The van der Waals surface area contributed by atoms with Gasteiger partial charge in [0.1, 0.15) is 5.69 Å². The van der Waals surface area contributed by atoms with Gasteiger partial charge in [-0.3, -0.25) is 4.98 Å². The van der Waals surface area contributed by atoms with Gasteiger partial charge in [0.05, 0.1) is 5.41 Å². The van der Waals surface area contributed by atoms with Crippen LogP contribution < -0.4 is 0 Å². The molecule has 2 heterocycles.